The third kappa shape index (κ3) is 5.17. The van der Waals surface area contributed by atoms with Crippen LogP contribution in [0.2, 0.25) is 0 Å². The highest BCUT2D eigenvalue weighted by atomic mass is 16.7. The number of esters is 1. The average molecular weight is 681 g/mol. The number of aliphatic hydroxyl groups excluding tert-OH is 4. The van der Waals surface area contributed by atoms with Gasteiger partial charge in [-0.05, 0) is 88.5 Å². The molecule has 0 radical (unpaired) electrons. The van der Waals surface area contributed by atoms with Gasteiger partial charge in [0.1, 0.15) is 37.3 Å². The molecule has 270 valence electrons. The van der Waals surface area contributed by atoms with Crippen LogP contribution in [0.5, 0.6) is 0 Å². The minimum absolute atomic E-state index is 0.0357. The van der Waals surface area contributed by atoms with Gasteiger partial charge >= 0.3 is 5.97 Å². The van der Waals surface area contributed by atoms with Crippen LogP contribution in [-0.4, -0.2) is 122 Å². The quantitative estimate of drug-likeness (QED) is 0.130. The number of aliphatic hydroxyl groups is 6. The number of hydrogen-bond donors (Lipinski definition) is 6. The topological polar surface area (TPSA) is 202 Å². The van der Waals surface area contributed by atoms with Crippen molar-refractivity contribution in [3.05, 3.63) is 11.6 Å². The van der Waals surface area contributed by atoms with Gasteiger partial charge in [0, 0.05) is 24.3 Å². The van der Waals surface area contributed by atoms with Crippen molar-refractivity contribution in [1.82, 2.24) is 0 Å². The van der Waals surface area contributed by atoms with Gasteiger partial charge in [-0.25, -0.2) is 4.79 Å². The molecular weight excluding hydrogens is 628 g/mol. The monoisotopic (exact) mass is 680 g/mol. The van der Waals surface area contributed by atoms with Crippen LogP contribution in [0, 0.1) is 28.6 Å². The largest absolute Gasteiger partial charge is 0.458 e. The summed E-state index contributed by atoms with van der Waals surface area (Å²) >= 11 is 0. The summed E-state index contributed by atoms with van der Waals surface area (Å²) in [6.45, 7) is 5.64. The molecule has 13 heteroatoms. The maximum Gasteiger partial charge on any atom is 0.331 e. The van der Waals surface area contributed by atoms with Crippen LogP contribution in [0.25, 0.3) is 0 Å². The summed E-state index contributed by atoms with van der Waals surface area (Å²) in [5.41, 5.74) is -2.87. The molecule has 7 aliphatic rings. The minimum atomic E-state index is -1.51. The summed E-state index contributed by atoms with van der Waals surface area (Å²) in [4.78, 5) is 25.0. The van der Waals surface area contributed by atoms with Gasteiger partial charge < -0.3 is 59.1 Å². The molecule has 2 unspecified atom stereocenters. The fourth-order valence-electron chi connectivity index (χ4n) is 11.2. The zero-order valence-corrected chi connectivity index (χ0v) is 28.0. The summed E-state index contributed by atoms with van der Waals surface area (Å²) in [6.07, 6.45) is -2.84. The molecule has 0 amide bonds. The van der Waals surface area contributed by atoms with Gasteiger partial charge in [0.05, 0.1) is 41.0 Å². The first-order valence-electron chi connectivity index (χ1n) is 17.8. The molecule has 13 nitrogen and oxygen atoms in total. The Hall–Kier alpha value is -1.52. The molecule has 4 saturated carbocycles. The van der Waals surface area contributed by atoms with E-state index in [0.717, 1.165) is 18.3 Å². The predicted molar refractivity (Wildman–Crippen MR) is 165 cm³/mol. The second kappa shape index (κ2) is 12.3. The molecule has 3 aliphatic heterocycles. The molecule has 6 fully saturated rings. The Morgan fingerprint density at radius 3 is 2.31 bits per heavy atom. The zero-order valence-electron chi connectivity index (χ0n) is 28.0. The van der Waals surface area contributed by atoms with Crippen LogP contribution in [0.15, 0.2) is 11.6 Å². The van der Waals surface area contributed by atoms with Crippen molar-refractivity contribution in [3.63, 3.8) is 0 Å². The third-order valence-electron chi connectivity index (χ3n) is 13.9. The molecule has 0 aromatic rings. The van der Waals surface area contributed by atoms with E-state index >= 15 is 0 Å². The molecule has 6 N–H and O–H groups in total. The maximum atomic E-state index is 13.2. The van der Waals surface area contributed by atoms with Crippen LogP contribution in [-0.2, 0) is 33.3 Å². The Bertz CT molecular complexity index is 1280. The number of cyclic esters (lactones) is 1. The Balaban J connectivity index is 1.01. The van der Waals surface area contributed by atoms with E-state index in [-0.39, 0.29) is 43.2 Å². The summed E-state index contributed by atoms with van der Waals surface area (Å²) in [7, 11) is 0. The third-order valence-corrected chi connectivity index (χ3v) is 13.9. The van der Waals surface area contributed by atoms with Gasteiger partial charge in [0.25, 0.3) is 0 Å². The average Bonchev–Trinajstić information content (AvgIpc) is 3.59. The number of hydrogen-bond acceptors (Lipinski definition) is 13. The minimum Gasteiger partial charge on any atom is -0.458 e. The molecule has 3 heterocycles. The normalized spacial score (nSPS) is 55.2. The van der Waals surface area contributed by atoms with E-state index in [4.69, 9.17) is 23.7 Å². The highest BCUT2D eigenvalue weighted by molar-refractivity contribution is 5.85. The van der Waals surface area contributed by atoms with Crippen molar-refractivity contribution >= 4 is 12.3 Å². The van der Waals surface area contributed by atoms with Crippen molar-refractivity contribution in [1.29, 1.82) is 0 Å². The summed E-state index contributed by atoms with van der Waals surface area (Å²) < 4.78 is 29.0. The highest BCUT2D eigenvalue weighted by Gasteiger charge is 2.71. The standard InChI is InChI=1S/C35H52O13/c1-17-27(39)28(40)29(41)31(46-17)48-30-18(2)45-26(13-24(30)37)47-20-4-9-33(16-36)22-5-8-32(3)21(19-12-25(38)44-15-19)7-11-35(32,43)23(22)6-10-34(33,42)14-20/h12,16-18,20-24,26-31,37,39-43H,4-11,13-15H2,1-3H3/t17-,18-,20+,21-,22?,23?,24+,26+,27-,28+,29+,30-,31+,32-,33+,34+,35+/m1/s1. The molecule has 48 heavy (non-hydrogen) atoms. The van der Waals surface area contributed by atoms with Crippen molar-refractivity contribution in [2.45, 2.75) is 158 Å². The van der Waals surface area contributed by atoms with Crippen LogP contribution >= 0.6 is 0 Å². The summed E-state index contributed by atoms with van der Waals surface area (Å²) in [5.74, 6) is -0.640. The lowest BCUT2D eigenvalue weighted by Crippen LogP contribution is -2.69. The summed E-state index contributed by atoms with van der Waals surface area (Å²) in [5, 5.41) is 66.3. The first-order valence-corrected chi connectivity index (χ1v) is 17.8. The number of carbonyl (C=O) groups is 2. The number of rotatable bonds is 6. The SMILES string of the molecule is C[C@H]1O[C@@H](O[C@H]2[C@@H](O)C[C@H](O[C@H]3CC[C@]4(C=O)C5CC[C@]6(C)[C@@H](C7=CC(=O)OC7)CC[C@]6(O)C5CC[C@]4(O)C3)O[C@@H]2C)[C@@H](O)[C@@H](O)[C@@H]1O. The molecule has 4 aliphatic carbocycles. The van der Waals surface area contributed by atoms with E-state index in [1.807, 2.05) is 0 Å². The fraction of sp³-hybridized carbons (Fsp3) is 0.886. The predicted octanol–water partition coefficient (Wildman–Crippen LogP) is 0.631. The Morgan fingerprint density at radius 1 is 0.875 bits per heavy atom. The molecule has 0 aromatic heterocycles. The van der Waals surface area contributed by atoms with Gasteiger partial charge in [-0.15, -0.1) is 0 Å². The van der Waals surface area contributed by atoms with Crippen LogP contribution in [0.1, 0.15) is 85.0 Å². The van der Waals surface area contributed by atoms with Crippen LogP contribution < -0.4 is 0 Å². The maximum absolute atomic E-state index is 13.2. The van der Waals surface area contributed by atoms with Crippen LogP contribution in [0.3, 0.4) is 0 Å². The van der Waals surface area contributed by atoms with Gasteiger partial charge in [-0.2, -0.15) is 0 Å². The van der Waals surface area contributed by atoms with Crippen molar-refractivity contribution in [3.8, 4) is 0 Å². The van der Waals surface area contributed by atoms with E-state index in [2.05, 4.69) is 6.92 Å². The van der Waals surface area contributed by atoms with E-state index in [9.17, 15) is 40.2 Å². The smallest absolute Gasteiger partial charge is 0.331 e. The number of ether oxygens (including phenoxy) is 5. The number of carbonyl (C=O) groups excluding carboxylic acids is 2. The van der Waals surface area contributed by atoms with E-state index in [1.165, 1.54) is 0 Å². The highest BCUT2D eigenvalue weighted by Crippen LogP contribution is 2.70. The van der Waals surface area contributed by atoms with Gasteiger partial charge in [0.2, 0.25) is 0 Å². The van der Waals surface area contributed by atoms with Crippen molar-refractivity contribution in [2.75, 3.05) is 6.61 Å². The van der Waals surface area contributed by atoms with Crippen LogP contribution in [0.4, 0.5) is 0 Å². The molecule has 0 aromatic carbocycles. The zero-order chi connectivity index (χ0) is 34.4. The lowest BCUT2D eigenvalue weighted by molar-refractivity contribution is -0.341. The molecule has 0 bridgehead atoms. The summed E-state index contributed by atoms with van der Waals surface area (Å²) in [6, 6.07) is 0. The second-order valence-corrected chi connectivity index (χ2v) is 16.1. The van der Waals surface area contributed by atoms with Gasteiger partial charge in [0.15, 0.2) is 12.6 Å². The number of aldehydes is 1. The lowest BCUT2D eigenvalue weighted by atomic mass is 9.41. The second-order valence-electron chi connectivity index (χ2n) is 16.1. The van der Waals surface area contributed by atoms with E-state index in [0.29, 0.717) is 44.9 Å². The molecule has 17 atom stereocenters. The van der Waals surface area contributed by atoms with E-state index in [1.54, 1.807) is 19.9 Å². The first kappa shape index (κ1) is 34.9. The molecule has 7 rings (SSSR count). The Labute approximate surface area is 280 Å². The van der Waals surface area contributed by atoms with Gasteiger partial charge in [-0.3, -0.25) is 0 Å². The van der Waals surface area contributed by atoms with Crippen molar-refractivity contribution in [2.24, 2.45) is 28.6 Å². The molecule has 0 spiro atoms. The number of fused-ring (bicyclic) bond motifs is 5. The Morgan fingerprint density at radius 2 is 1.62 bits per heavy atom. The Kier molecular flexibility index (Phi) is 8.96. The first-order chi connectivity index (χ1) is 22.7. The lowest BCUT2D eigenvalue weighted by Gasteiger charge is -2.65. The molecule has 2 saturated heterocycles. The van der Waals surface area contributed by atoms with E-state index < -0.39 is 83.4 Å². The van der Waals surface area contributed by atoms with Gasteiger partial charge in [-0.1, -0.05) is 6.92 Å². The fourth-order valence-corrected chi connectivity index (χ4v) is 11.2. The van der Waals surface area contributed by atoms with Crippen molar-refractivity contribution < 1.29 is 63.9 Å². The molecular formula is C35H52O13.